The fourth-order valence-electron chi connectivity index (χ4n) is 2.70. The standard InChI is InChI=1S/C22H22N2O6/c1-4-28-21-18(12-17(27-3)13-19(21)30-11-10-25)20(22(26)29-5-2)24-16-8-6-15(14-23)7-9-16/h6-9,11-13,20,24H,4-5H2,1-3H3. The van der Waals surface area contributed by atoms with E-state index < -0.39 is 12.0 Å². The molecular weight excluding hydrogens is 388 g/mol. The zero-order valence-electron chi connectivity index (χ0n) is 16.9. The molecule has 0 spiro atoms. The van der Waals surface area contributed by atoms with Crippen molar-refractivity contribution in [2.45, 2.75) is 19.9 Å². The summed E-state index contributed by atoms with van der Waals surface area (Å²) in [7, 11) is 1.46. The van der Waals surface area contributed by atoms with E-state index in [9.17, 15) is 9.59 Å². The number of hydrogen-bond donors (Lipinski definition) is 1. The number of hydrogen-bond acceptors (Lipinski definition) is 8. The molecule has 0 radical (unpaired) electrons. The molecule has 0 bridgehead atoms. The van der Waals surface area contributed by atoms with Crippen LogP contribution in [0.25, 0.3) is 0 Å². The van der Waals surface area contributed by atoms with Gasteiger partial charge in [0, 0.05) is 17.3 Å². The highest BCUT2D eigenvalue weighted by molar-refractivity contribution is 5.83. The Kier molecular flexibility index (Phi) is 8.30. The minimum absolute atomic E-state index is 0.176. The zero-order valence-corrected chi connectivity index (χ0v) is 16.9. The Hall–Kier alpha value is -3.95. The molecule has 0 aliphatic heterocycles. The van der Waals surface area contributed by atoms with Crippen molar-refractivity contribution in [2.75, 3.05) is 25.6 Å². The molecular formula is C22H22N2O6. The lowest BCUT2D eigenvalue weighted by molar-refractivity contribution is -0.144. The van der Waals surface area contributed by atoms with Crippen molar-refractivity contribution in [2.24, 2.45) is 0 Å². The summed E-state index contributed by atoms with van der Waals surface area (Å²) in [4.78, 5) is 23.4. The molecule has 0 aliphatic carbocycles. The van der Waals surface area contributed by atoms with Crippen molar-refractivity contribution >= 4 is 17.6 Å². The highest BCUT2D eigenvalue weighted by Gasteiger charge is 2.29. The largest absolute Gasteiger partial charge is 0.497 e. The number of rotatable bonds is 10. The number of esters is 1. The summed E-state index contributed by atoms with van der Waals surface area (Å²) in [5.74, 6) is 1.82. The van der Waals surface area contributed by atoms with E-state index >= 15 is 0 Å². The van der Waals surface area contributed by atoms with Gasteiger partial charge in [-0.2, -0.15) is 5.26 Å². The van der Waals surface area contributed by atoms with Crippen molar-refractivity contribution in [3.63, 3.8) is 0 Å². The number of benzene rings is 2. The van der Waals surface area contributed by atoms with Gasteiger partial charge in [-0.05, 0) is 44.2 Å². The van der Waals surface area contributed by atoms with Crippen molar-refractivity contribution in [1.29, 1.82) is 5.26 Å². The maximum atomic E-state index is 12.8. The van der Waals surface area contributed by atoms with E-state index in [1.165, 1.54) is 19.1 Å². The minimum Gasteiger partial charge on any atom is -0.497 e. The number of nitriles is 1. The minimum atomic E-state index is -0.975. The maximum Gasteiger partial charge on any atom is 0.333 e. The van der Waals surface area contributed by atoms with Gasteiger partial charge in [-0.15, -0.1) is 0 Å². The predicted octanol–water partition coefficient (Wildman–Crippen LogP) is 3.41. The zero-order chi connectivity index (χ0) is 21.9. The van der Waals surface area contributed by atoms with E-state index in [0.717, 1.165) is 6.26 Å². The summed E-state index contributed by atoms with van der Waals surface area (Å²) in [6, 6.07) is 10.8. The highest BCUT2D eigenvalue weighted by Crippen LogP contribution is 2.41. The Bertz CT molecular complexity index is 959. The molecule has 2 aromatic rings. The van der Waals surface area contributed by atoms with Gasteiger partial charge < -0.3 is 24.3 Å². The maximum absolute atomic E-state index is 12.8. The molecule has 1 unspecified atom stereocenters. The number of ether oxygens (including phenoxy) is 4. The van der Waals surface area contributed by atoms with Gasteiger partial charge in [0.25, 0.3) is 0 Å². The lowest BCUT2D eigenvalue weighted by atomic mass is 10.0. The van der Waals surface area contributed by atoms with Crippen molar-refractivity contribution in [1.82, 2.24) is 0 Å². The van der Waals surface area contributed by atoms with Crippen LogP contribution >= 0.6 is 0 Å². The molecule has 0 aromatic heterocycles. The molecule has 1 N–H and O–H groups in total. The van der Waals surface area contributed by atoms with Gasteiger partial charge in [0.1, 0.15) is 5.75 Å². The van der Waals surface area contributed by atoms with Gasteiger partial charge in [0.2, 0.25) is 0 Å². The third-order valence-corrected chi connectivity index (χ3v) is 3.97. The average molecular weight is 410 g/mol. The number of nitrogens with one attached hydrogen (secondary N) is 1. The van der Waals surface area contributed by atoms with Crippen LogP contribution < -0.4 is 19.5 Å². The smallest absolute Gasteiger partial charge is 0.333 e. The van der Waals surface area contributed by atoms with E-state index in [1.54, 1.807) is 44.2 Å². The number of anilines is 1. The molecule has 30 heavy (non-hydrogen) atoms. The van der Waals surface area contributed by atoms with Gasteiger partial charge in [0.15, 0.2) is 29.7 Å². The van der Waals surface area contributed by atoms with Gasteiger partial charge in [-0.1, -0.05) is 0 Å². The molecule has 2 aromatic carbocycles. The second-order valence-corrected chi connectivity index (χ2v) is 5.85. The third-order valence-electron chi connectivity index (χ3n) is 3.97. The molecule has 2 rings (SSSR count). The fourth-order valence-corrected chi connectivity index (χ4v) is 2.70. The van der Waals surface area contributed by atoms with Crippen LogP contribution in [0, 0.1) is 11.3 Å². The quantitative estimate of drug-likeness (QED) is 0.361. The molecule has 1 atom stereocenters. The Labute approximate surface area is 174 Å². The van der Waals surface area contributed by atoms with Crippen LogP contribution in [0.2, 0.25) is 0 Å². The van der Waals surface area contributed by atoms with Crippen LogP contribution in [0.15, 0.2) is 42.7 Å². The molecule has 8 nitrogen and oxygen atoms in total. The molecule has 0 heterocycles. The summed E-state index contributed by atoms with van der Waals surface area (Å²) in [6.45, 7) is 3.94. The Morgan fingerprint density at radius 2 is 1.93 bits per heavy atom. The Morgan fingerprint density at radius 1 is 1.20 bits per heavy atom. The topological polar surface area (TPSA) is 107 Å². The monoisotopic (exact) mass is 410 g/mol. The third kappa shape index (κ3) is 5.53. The van der Waals surface area contributed by atoms with E-state index in [4.69, 9.17) is 24.2 Å². The van der Waals surface area contributed by atoms with Crippen LogP contribution in [0.4, 0.5) is 5.69 Å². The second kappa shape index (κ2) is 11.1. The molecule has 0 amide bonds. The highest BCUT2D eigenvalue weighted by atomic mass is 16.5. The number of nitrogens with zero attached hydrogens (tertiary/aromatic N) is 1. The molecule has 156 valence electrons. The van der Waals surface area contributed by atoms with E-state index in [2.05, 4.69) is 5.32 Å². The first-order valence-corrected chi connectivity index (χ1v) is 9.21. The second-order valence-electron chi connectivity index (χ2n) is 5.85. The van der Waals surface area contributed by atoms with Gasteiger partial charge in [0.05, 0.1) is 32.0 Å². The summed E-state index contributed by atoms with van der Waals surface area (Å²) in [5, 5.41) is 12.1. The van der Waals surface area contributed by atoms with Crippen molar-refractivity contribution in [3.05, 3.63) is 53.8 Å². The van der Waals surface area contributed by atoms with Crippen molar-refractivity contribution in [3.8, 4) is 23.3 Å². The fraction of sp³-hybridized carbons (Fsp3) is 0.273. The SMILES string of the molecule is CCOC(=O)C(Nc1ccc(C#N)cc1)c1cc(OC)cc(OC=C=O)c1OCC. The average Bonchev–Trinajstić information content (AvgIpc) is 2.77. The molecule has 0 aliphatic rings. The van der Waals surface area contributed by atoms with Crippen LogP contribution in [0.1, 0.15) is 31.0 Å². The summed E-state index contributed by atoms with van der Waals surface area (Å²) in [6.07, 6.45) is 0.842. The van der Waals surface area contributed by atoms with E-state index in [-0.39, 0.29) is 24.7 Å². The van der Waals surface area contributed by atoms with E-state index in [1.807, 2.05) is 6.07 Å². The summed E-state index contributed by atoms with van der Waals surface area (Å²) >= 11 is 0. The summed E-state index contributed by atoms with van der Waals surface area (Å²) in [5.41, 5.74) is 1.47. The number of carbonyl (C=O) groups excluding carboxylic acids is 2. The van der Waals surface area contributed by atoms with Crippen LogP contribution in [-0.2, 0) is 14.3 Å². The molecule has 0 saturated carbocycles. The van der Waals surface area contributed by atoms with Crippen molar-refractivity contribution < 1.29 is 28.5 Å². The van der Waals surface area contributed by atoms with E-state index in [0.29, 0.717) is 22.6 Å². The molecule has 0 fully saturated rings. The molecule has 0 saturated heterocycles. The van der Waals surface area contributed by atoms with Gasteiger partial charge >= 0.3 is 5.97 Å². The van der Waals surface area contributed by atoms with Gasteiger partial charge in [-0.3, -0.25) is 0 Å². The van der Waals surface area contributed by atoms with Gasteiger partial charge in [-0.25, -0.2) is 9.59 Å². The predicted molar refractivity (Wildman–Crippen MR) is 109 cm³/mol. The Morgan fingerprint density at radius 3 is 2.50 bits per heavy atom. The van der Waals surface area contributed by atoms with Crippen LogP contribution in [0.3, 0.4) is 0 Å². The first kappa shape index (κ1) is 22.3. The molecule has 8 heteroatoms. The number of methoxy groups -OCH3 is 1. The van der Waals surface area contributed by atoms with Crippen LogP contribution in [-0.4, -0.2) is 32.2 Å². The van der Waals surface area contributed by atoms with Crippen LogP contribution in [0.5, 0.6) is 17.2 Å². The summed E-state index contributed by atoms with van der Waals surface area (Å²) < 4.78 is 21.6. The Balaban J connectivity index is 2.60. The first-order valence-electron chi connectivity index (χ1n) is 9.21. The lowest BCUT2D eigenvalue weighted by Crippen LogP contribution is -2.24. The lowest BCUT2D eigenvalue weighted by Gasteiger charge is -2.23. The first-order chi connectivity index (χ1) is 14.6. The normalized spacial score (nSPS) is 10.7. The number of carbonyl (C=O) groups is 1.